The smallest absolute Gasteiger partial charge is 0.125 e. The Hall–Kier alpha value is -2.46. The summed E-state index contributed by atoms with van der Waals surface area (Å²) in [4.78, 5) is 9.04. The van der Waals surface area contributed by atoms with Crippen molar-refractivity contribution in [3.63, 3.8) is 0 Å². The summed E-state index contributed by atoms with van der Waals surface area (Å²) in [7, 11) is 0. The fourth-order valence-corrected chi connectivity index (χ4v) is 3.17. The lowest BCUT2D eigenvalue weighted by Crippen LogP contribution is -2.15. The standard InChI is InChI=1S/C19H19N3S/c1-13(2)21-19(20)15-9-10-16-17(12-15)23-18(22-16)11-8-14-6-4-3-5-7-14/h3-13H,1-2H3,(H2,20,21)/b11-8+. The molecule has 0 saturated heterocycles. The largest absolute Gasteiger partial charge is 0.383 e. The van der Waals surface area contributed by atoms with Gasteiger partial charge in [0.25, 0.3) is 0 Å². The number of hydrogen-bond acceptors (Lipinski definition) is 3. The lowest BCUT2D eigenvalue weighted by Gasteiger charge is -2.02. The second-order valence-electron chi connectivity index (χ2n) is 5.59. The van der Waals surface area contributed by atoms with Gasteiger partial charge in [0, 0.05) is 11.6 Å². The number of fused-ring (bicyclic) bond motifs is 1. The van der Waals surface area contributed by atoms with Crippen molar-refractivity contribution in [2.75, 3.05) is 0 Å². The van der Waals surface area contributed by atoms with Gasteiger partial charge >= 0.3 is 0 Å². The quantitative estimate of drug-likeness (QED) is 0.565. The van der Waals surface area contributed by atoms with Gasteiger partial charge in [0.1, 0.15) is 10.8 Å². The number of amidine groups is 1. The van der Waals surface area contributed by atoms with E-state index in [-0.39, 0.29) is 6.04 Å². The van der Waals surface area contributed by atoms with Crippen molar-refractivity contribution in [3.05, 3.63) is 64.7 Å². The number of benzene rings is 2. The minimum atomic E-state index is 0.191. The van der Waals surface area contributed by atoms with Crippen LogP contribution in [0.25, 0.3) is 22.4 Å². The van der Waals surface area contributed by atoms with Gasteiger partial charge in [-0.3, -0.25) is 4.99 Å². The first-order chi connectivity index (χ1) is 11.1. The van der Waals surface area contributed by atoms with Gasteiger partial charge in [0.05, 0.1) is 10.2 Å². The first kappa shape index (κ1) is 15.4. The van der Waals surface area contributed by atoms with Gasteiger partial charge in [-0.2, -0.15) is 0 Å². The van der Waals surface area contributed by atoms with Crippen molar-refractivity contribution in [2.24, 2.45) is 10.7 Å². The molecule has 0 spiro atoms. The maximum atomic E-state index is 6.05. The van der Waals surface area contributed by atoms with Crippen molar-refractivity contribution in [1.29, 1.82) is 0 Å². The molecule has 0 aliphatic heterocycles. The molecular formula is C19H19N3S. The molecule has 0 radical (unpaired) electrons. The highest BCUT2D eigenvalue weighted by atomic mass is 32.1. The van der Waals surface area contributed by atoms with E-state index in [0.29, 0.717) is 5.84 Å². The van der Waals surface area contributed by atoms with Gasteiger partial charge in [0.2, 0.25) is 0 Å². The summed E-state index contributed by atoms with van der Waals surface area (Å²) in [6.45, 7) is 4.04. The van der Waals surface area contributed by atoms with Crippen LogP contribution in [0.3, 0.4) is 0 Å². The monoisotopic (exact) mass is 321 g/mol. The van der Waals surface area contributed by atoms with Crippen molar-refractivity contribution >= 4 is 39.5 Å². The number of nitrogens with two attached hydrogens (primary N) is 1. The van der Waals surface area contributed by atoms with Crippen molar-refractivity contribution < 1.29 is 0 Å². The van der Waals surface area contributed by atoms with E-state index in [4.69, 9.17) is 5.73 Å². The highest BCUT2D eigenvalue weighted by Gasteiger charge is 2.05. The van der Waals surface area contributed by atoms with Crippen LogP contribution in [0.1, 0.15) is 30.0 Å². The molecule has 116 valence electrons. The zero-order valence-electron chi connectivity index (χ0n) is 13.2. The summed E-state index contributed by atoms with van der Waals surface area (Å²) in [6, 6.07) is 16.5. The molecule has 23 heavy (non-hydrogen) atoms. The van der Waals surface area contributed by atoms with Gasteiger partial charge in [0.15, 0.2) is 0 Å². The third kappa shape index (κ3) is 3.85. The van der Waals surface area contributed by atoms with Gasteiger partial charge in [-0.15, -0.1) is 11.3 Å². The number of aliphatic imine (C=N–C) groups is 1. The van der Waals surface area contributed by atoms with E-state index >= 15 is 0 Å². The fourth-order valence-electron chi connectivity index (χ4n) is 2.26. The average molecular weight is 321 g/mol. The molecule has 2 N–H and O–H groups in total. The Labute approximate surface area is 140 Å². The topological polar surface area (TPSA) is 51.3 Å². The fraction of sp³-hybridized carbons (Fsp3) is 0.158. The van der Waals surface area contributed by atoms with Crippen LogP contribution >= 0.6 is 11.3 Å². The normalized spacial score (nSPS) is 12.6. The number of rotatable bonds is 4. The van der Waals surface area contributed by atoms with E-state index < -0.39 is 0 Å². The second-order valence-corrected chi connectivity index (χ2v) is 6.65. The molecule has 1 aromatic heterocycles. The Bertz CT molecular complexity index is 861. The third-order valence-electron chi connectivity index (χ3n) is 3.32. The molecule has 0 aliphatic carbocycles. The van der Waals surface area contributed by atoms with Crippen molar-refractivity contribution in [1.82, 2.24) is 4.98 Å². The molecule has 3 rings (SSSR count). The Balaban J connectivity index is 1.89. The highest BCUT2D eigenvalue weighted by Crippen LogP contribution is 2.24. The van der Waals surface area contributed by atoms with Gasteiger partial charge < -0.3 is 5.73 Å². The lowest BCUT2D eigenvalue weighted by atomic mass is 10.2. The third-order valence-corrected chi connectivity index (χ3v) is 4.30. The zero-order valence-corrected chi connectivity index (χ0v) is 14.0. The van der Waals surface area contributed by atoms with E-state index in [1.54, 1.807) is 11.3 Å². The Morgan fingerprint density at radius 3 is 2.65 bits per heavy atom. The summed E-state index contributed by atoms with van der Waals surface area (Å²) in [5, 5.41) is 0.986. The predicted octanol–water partition coefficient (Wildman–Crippen LogP) is 4.58. The maximum absolute atomic E-state index is 6.05. The van der Waals surface area contributed by atoms with Crippen LogP contribution in [0.4, 0.5) is 0 Å². The summed E-state index contributed by atoms with van der Waals surface area (Å²) < 4.78 is 1.12. The summed E-state index contributed by atoms with van der Waals surface area (Å²) in [5.41, 5.74) is 9.16. The lowest BCUT2D eigenvalue weighted by molar-refractivity contribution is 0.834. The van der Waals surface area contributed by atoms with Crippen LogP contribution in [0.2, 0.25) is 0 Å². The molecule has 0 amide bonds. The molecule has 2 aromatic carbocycles. The number of hydrogen-bond donors (Lipinski definition) is 1. The highest BCUT2D eigenvalue weighted by molar-refractivity contribution is 7.19. The van der Waals surface area contributed by atoms with Crippen LogP contribution in [-0.4, -0.2) is 16.9 Å². The van der Waals surface area contributed by atoms with E-state index in [2.05, 4.69) is 34.3 Å². The van der Waals surface area contributed by atoms with Gasteiger partial charge in [-0.1, -0.05) is 36.4 Å². The SMILES string of the molecule is CC(C)N=C(N)c1ccc2nc(/C=C/c3ccccc3)sc2c1. The first-order valence-corrected chi connectivity index (χ1v) is 8.41. The van der Waals surface area contributed by atoms with Crippen LogP contribution in [0, 0.1) is 0 Å². The molecule has 0 bridgehead atoms. The molecule has 0 atom stereocenters. The molecule has 3 nitrogen and oxygen atoms in total. The number of thiazole rings is 1. The summed E-state index contributed by atoms with van der Waals surface area (Å²) in [5.74, 6) is 0.580. The van der Waals surface area contributed by atoms with Crippen LogP contribution in [0.5, 0.6) is 0 Å². The average Bonchev–Trinajstić information content (AvgIpc) is 2.95. The van der Waals surface area contributed by atoms with Crippen LogP contribution in [-0.2, 0) is 0 Å². The molecular weight excluding hydrogens is 302 g/mol. The Morgan fingerprint density at radius 2 is 1.91 bits per heavy atom. The van der Waals surface area contributed by atoms with Crippen LogP contribution < -0.4 is 5.73 Å². The minimum Gasteiger partial charge on any atom is -0.383 e. The van der Waals surface area contributed by atoms with Gasteiger partial charge in [-0.25, -0.2) is 4.98 Å². The molecule has 0 fully saturated rings. The first-order valence-electron chi connectivity index (χ1n) is 7.59. The van der Waals surface area contributed by atoms with E-state index in [1.807, 2.05) is 50.3 Å². The molecule has 0 unspecified atom stereocenters. The van der Waals surface area contributed by atoms with Crippen molar-refractivity contribution in [3.8, 4) is 0 Å². The molecule has 3 aromatic rings. The van der Waals surface area contributed by atoms with Gasteiger partial charge in [-0.05, 0) is 43.7 Å². The number of aromatic nitrogens is 1. The Morgan fingerprint density at radius 1 is 1.13 bits per heavy atom. The Kier molecular flexibility index (Phi) is 4.53. The summed E-state index contributed by atoms with van der Waals surface area (Å²) in [6.07, 6.45) is 4.12. The predicted molar refractivity (Wildman–Crippen MR) is 101 cm³/mol. The van der Waals surface area contributed by atoms with E-state index in [0.717, 1.165) is 20.8 Å². The van der Waals surface area contributed by atoms with E-state index in [9.17, 15) is 0 Å². The number of nitrogens with zero attached hydrogens (tertiary/aromatic N) is 2. The maximum Gasteiger partial charge on any atom is 0.125 e. The van der Waals surface area contributed by atoms with Crippen molar-refractivity contribution in [2.45, 2.75) is 19.9 Å². The zero-order chi connectivity index (χ0) is 16.2. The molecule has 0 saturated carbocycles. The molecule has 4 heteroatoms. The minimum absolute atomic E-state index is 0.191. The molecule has 0 aliphatic rings. The molecule has 1 heterocycles. The van der Waals surface area contributed by atoms with E-state index in [1.165, 1.54) is 5.56 Å². The second kappa shape index (κ2) is 6.75. The van der Waals surface area contributed by atoms with Crippen LogP contribution in [0.15, 0.2) is 53.5 Å². The summed E-state index contributed by atoms with van der Waals surface area (Å²) >= 11 is 1.66.